The highest BCUT2D eigenvalue weighted by atomic mass is 16.1. The van der Waals surface area contributed by atoms with Gasteiger partial charge in [0.05, 0.1) is 19.0 Å². The molecule has 0 aromatic carbocycles. The zero-order chi connectivity index (χ0) is 13.0. The number of nitrogens with zero attached hydrogens (tertiary/aromatic N) is 1. The molecule has 2 rings (SSSR count). The smallest absolute Gasteiger partial charge is 0.233 e. The molecular weight excluding hydrogens is 226 g/mol. The van der Waals surface area contributed by atoms with Gasteiger partial charge in [-0.2, -0.15) is 5.26 Å². The number of fused-ring (bicyclic) bond motifs is 2. The minimum atomic E-state index is 0.000237. The quantitative estimate of drug-likeness (QED) is 0.700. The van der Waals surface area contributed by atoms with Crippen molar-refractivity contribution in [3.63, 3.8) is 0 Å². The molecule has 0 spiro atoms. The van der Waals surface area contributed by atoms with Gasteiger partial charge < -0.3 is 10.6 Å². The molecule has 2 bridgehead atoms. The molecule has 2 aliphatic carbocycles. The summed E-state index contributed by atoms with van der Waals surface area (Å²) < 4.78 is 0. The Morgan fingerprint density at radius 2 is 2.28 bits per heavy atom. The van der Waals surface area contributed by atoms with E-state index in [2.05, 4.69) is 17.6 Å². The van der Waals surface area contributed by atoms with E-state index in [4.69, 9.17) is 5.26 Å². The highest BCUT2D eigenvalue weighted by Gasteiger charge is 2.41. The van der Waals surface area contributed by atoms with Gasteiger partial charge in [0.15, 0.2) is 0 Å². The van der Waals surface area contributed by atoms with Crippen molar-refractivity contribution in [3.8, 4) is 6.07 Å². The number of carbonyl (C=O) groups is 1. The summed E-state index contributed by atoms with van der Waals surface area (Å²) in [5.41, 5.74) is 0. The van der Waals surface area contributed by atoms with Crippen LogP contribution in [0.4, 0.5) is 0 Å². The molecule has 18 heavy (non-hydrogen) atoms. The van der Waals surface area contributed by atoms with Crippen LogP contribution in [-0.4, -0.2) is 25.0 Å². The molecule has 2 fully saturated rings. The van der Waals surface area contributed by atoms with Crippen LogP contribution in [0.15, 0.2) is 0 Å². The highest BCUT2D eigenvalue weighted by Crippen LogP contribution is 2.49. The van der Waals surface area contributed by atoms with Crippen LogP contribution in [0, 0.1) is 29.1 Å². The maximum Gasteiger partial charge on any atom is 0.233 e. The SMILES string of the molecule is CC(NCC(=O)NCCC#N)C1CC2CCC1C2. The van der Waals surface area contributed by atoms with E-state index in [1.54, 1.807) is 0 Å². The van der Waals surface area contributed by atoms with E-state index in [1.807, 2.05) is 6.07 Å². The molecule has 0 radical (unpaired) electrons. The average molecular weight is 249 g/mol. The van der Waals surface area contributed by atoms with E-state index < -0.39 is 0 Å². The van der Waals surface area contributed by atoms with Gasteiger partial charge in [-0.25, -0.2) is 0 Å². The largest absolute Gasteiger partial charge is 0.354 e. The van der Waals surface area contributed by atoms with Gasteiger partial charge in [0.25, 0.3) is 0 Å². The molecule has 0 aliphatic heterocycles. The van der Waals surface area contributed by atoms with Crippen molar-refractivity contribution in [2.24, 2.45) is 17.8 Å². The van der Waals surface area contributed by atoms with Gasteiger partial charge in [-0.05, 0) is 43.9 Å². The second kappa shape index (κ2) is 6.19. The van der Waals surface area contributed by atoms with Gasteiger partial charge >= 0.3 is 0 Å². The van der Waals surface area contributed by atoms with Crippen molar-refractivity contribution in [1.29, 1.82) is 5.26 Å². The first-order chi connectivity index (χ1) is 8.70. The van der Waals surface area contributed by atoms with Crippen LogP contribution < -0.4 is 10.6 Å². The fourth-order valence-corrected chi connectivity index (χ4v) is 3.63. The molecule has 4 atom stereocenters. The maximum absolute atomic E-state index is 11.5. The van der Waals surface area contributed by atoms with Crippen LogP contribution in [0.25, 0.3) is 0 Å². The third-order valence-electron chi connectivity index (χ3n) is 4.58. The van der Waals surface area contributed by atoms with E-state index in [0.29, 0.717) is 25.6 Å². The molecule has 4 unspecified atom stereocenters. The second-order valence-corrected chi connectivity index (χ2v) is 5.77. The summed E-state index contributed by atoms with van der Waals surface area (Å²) in [7, 11) is 0. The third kappa shape index (κ3) is 3.23. The Labute approximate surface area is 109 Å². The van der Waals surface area contributed by atoms with E-state index in [1.165, 1.54) is 25.7 Å². The Morgan fingerprint density at radius 1 is 1.44 bits per heavy atom. The Kier molecular flexibility index (Phi) is 4.60. The number of rotatable bonds is 6. The normalized spacial score (nSPS) is 31.0. The fourth-order valence-electron chi connectivity index (χ4n) is 3.63. The molecule has 100 valence electrons. The Morgan fingerprint density at radius 3 is 2.89 bits per heavy atom. The first-order valence-corrected chi connectivity index (χ1v) is 7.07. The number of amides is 1. The molecule has 2 aliphatic rings. The van der Waals surface area contributed by atoms with Crippen LogP contribution in [0.5, 0.6) is 0 Å². The number of nitriles is 1. The van der Waals surface area contributed by atoms with Gasteiger partial charge in [-0.15, -0.1) is 0 Å². The van der Waals surface area contributed by atoms with E-state index in [-0.39, 0.29) is 5.91 Å². The molecule has 0 aromatic rings. The summed E-state index contributed by atoms with van der Waals surface area (Å²) in [6, 6.07) is 2.45. The second-order valence-electron chi connectivity index (χ2n) is 5.77. The predicted molar refractivity (Wildman–Crippen MR) is 69.6 cm³/mol. The summed E-state index contributed by atoms with van der Waals surface area (Å²) in [6.07, 6.45) is 5.94. The van der Waals surface area contributed by atoms with Crippen LogP contribution in [0.3, 0.4) is 0 Å². The van der Waals surface area contributed by atoms with Crippen LogP contribution in [-0.2, 0) is 4.79 Å². The fraction of sp³-hybridized carbons (Fsp3) is 0.857. The molecule has 2 saturated carbocycles. The molecule has 0 aromatic heterocycles. The number of carbonyl (C=O) groups excluding carboxylic acids is 1. The Balaban J connectivity index is 1.64. The lowest BCUT2D eigenvalue weighted by Gasteiger charge is -2.28. The summed E-state index contributed by atoms with van der Waals surface area (Å²) in [6.45, 7) is 3.04. The van der Waals surface area contributed by atoms with E-state index in [0.717, 1.165) is 17.8 Å². The Bertz CT molecular complexity index is 336. The van der Waals surface area contributed by atoms with Crippen molar-refractivity contribution in [2.45, 2.75) is 45.1 Å². The minimum absolute atomic E-state index is 0.000237. The molecular formula is C14H23N3O. The third-order valence-corrected chi connectivity index (χ3v) is 4.58. The average Bonchev–Trinajstić information content (AvgIpc) is 2.98. The first-order valence-electron chi connectivity index (χ1n) is 7.07. The topological polar surface area (TPSA) is 64.9 Å². The predicted octanol–water partition coefficient (Wildman–Crippen LogP) is 1.43. The lowest BCUT2D eigenvalue weighted by Crippen LogP contribution is -2.42. The van der Waals surface area contributed by atoms with Crippen molar-refractivity contribution in [1.82, 2.24) is 10.6 Å². The molecule has 0 heterocycles. The van der Waals surface area contributed by atoms with Crippen molar-refractivity contribution < 1.29 is 4.79 Å². The van der Waals surface area contributed by atoms with Crippen LogP contribution >= 0.6 is 0 Å². The highest BCUT2D eigenvalue weighted by molar-refractivity contribution is 5.77. The lowest BCUT2D eigenvalue weighted by atomic mass is 9.84. The Hall–Kier alpha value is -1.08. The van der Waals surface area contributed by atoms with Crippen molar-refractivity contribution in [2.75, 3.05) is 13.1 Å². The number of hydrogen-bond acceptors (Lipinski definition) is 3. The van der Waals surface area contributed by atoms with Crippen LogP contribution in [0.2, 0.25) is 0 Å². The first kappa shape index (κ1) is 13.4. The molecule has 0 saturated heterocycles. The molecule has 1 amide bonds. The van der Waals surface area contributed by atoms with Crippen molar-refractivity contribution in [3.05, 3.63) is 0 Å². The summed E-state index contributed by atoms with van der Waals surface area (Å²) in [4.78, 5) is 11.5. The summed E-state index contributed by atoms with van der Waals surface area (Å²) in [5, 5.41) is 14.5. The zero-order valence-corrected chi connectivity index (χ0v) is 11.1. The standard InChI is InChI=1S/C14H23N3O/c1-10(13-8-11-3-4-12(13)7-11)17-9-14(18)16-6-2-5-15/h10-13,17H,2-4,6-9H2,1H3,(H,16,18). The van der Waals surface area contributed by atoms with Gasteiger partial charge in [-0.3, -0.25) is 4.79 Å². The molecule has 2 N–H and O–H groups in total. The van der Waals surface area contributed by atoms with Gasteiger partial charge in [0.2, 0.25) is 5.91 Å². The van der Waals surface area contributed by atoms with E-state index in [9.17, 15) is 4.79 Å². The zero-order valence-electron chi connectivity index (χ0n) is 11.1. The number of nitrogens with one attached hydrogen (secondary N) is 2. The number of hydrogen-bond donors (Lipinski definition) is 2. The van der Waals surface area contributed by atoms with Crippen molar-refractivity contribution >= 4 is 5.91 Å². The minimum Gasteiger partial charge on any atom is -0.354 e. The van der Waals surface area contributed by atoms with Crippen LogP contribution in [0.1, 0.15) is 39.0 Å². The summed E-state index contributed by atoms with van der Waals surface area (Å²) >= 11 is 0. The molecule has 4 heteroatoms. The lowest BCUT2D eigenvalue weighted by molar-refractivity contribution is -0.120. The van der Waals surface area contributed by atoms with E-state index >= 15 is 0 Å². The monoisotopic (exact) mass is 249 g/mol. The van der Waals surface area contributed by atoms with Gasteiger partial charge in [-0.1, -0.05) is 6.42 Å². The van der Waals surface area contributed by atoms with Gasteiger partial charge in [0.1, 0.15) is 0 Å². The summed E-state index contributed by atoms with van der Waals surface area (Å²) in [5.74, 6) is 2.60. The molecule has 4 nitrogen and oxygen atoms in total. The maximum atomic E-state index is 11.5. The van der Waals surface area contributed by atoms with Gasteiger partial charge in [0, 0.05) is 12.6 Å².